The Bertz CT molecular complexity index is 838. The number of ketones is 1. The Morgan fingerprint density at radius 2 is 1.46 bits per heavy atom. The molecule has 2 rings (SSSR count). The molecule has 2 aromatic carbocycles. The first-order valence-corrected chi connectivity index (χ1v) is 7.79. The van der Waals surface area contributed by atoms with Gasteiger partial charge in [-0.15, -0.1) is 0 Å². The molecule has 0 atom stereocenters. The Balaban J connectivity index is 2.32. The molecule has 0 radical (unpaired) electrons. The molecular formula is C20H20O6. The van der Waals surface area contributed by atoms with Gasteiger partial charge in [-0.25, -0.2) is 0 Å². The van der Waals surface area contributed by atoms with E-state index in [1.807, 2.05) is 0 Å². The molecular weight excluding hydrogens is 336 g/mol. The molecule has 0 fully saturated rings. The third kappa shape index (κ3) is 4.63. The van der Waals surface area contributed by atoms with Gasteiger partial charge >= 0.3 is 5.97 Å². The first-order chi connectivity index (χ1) is 12.5. The highest BCUT2D eigenvalue weighted by atomic mass is 16.5. The Hall–Kier alpha value is -3.28. The van der Waals surface area contributed by atoms with E-state index >= 15 is 0 Å². The van der Waals surface area contributed by atoms with Crippen molar-refractivity contribution in [2.75, 3.05) is 21.3 Å². The lowest BCUT2D eigenvalue weighted by atomic mass is 10.1. The minimum absolute atomic E-state index is 0.146. The molecule has 0 heterocycles. The minimum atomic E-state index is -0.520. The zero-order valence-electron chi connectivity index (χ0n) is 15.1. The van der Waals surface area contributed by atoms with Gasteiger partial charge in [-0.2, -0.15) is 0 Å². The van der Waals surface area contributed by atoms with Gasteiger partial charge in [-0.1, -0.05) is 0 Å². The summed E-state index contributed by atoms with van der Waals surface area (Å²) >= 11 is 0. The fourth-order valence-corrected chi connectivity index (χ4v) is 2.28. The van der Waals surface area contributed by atoms with Crippen molar-refractivity contribution in [3.63, 3.8) is 0 Å². The molecule has 6 nitrogen and oxygen atoms in total. The molecule has 0 saturated heterocycles. The summed E-state index contributed by atoms with van der Waals surface area (Å²) in [4.78, 5) is 23.8. The van der Waals surface area contributed by atoms with Crippen molar-refractivity contribution in [2.24, 2.45) is 0 Å². The number of esters is 1. The van der Waals surface area contributed by atoms with E-state index in [-0.39, 0.29) is 17.1 Å². The van der Waals surface area contributed by atoms with Crippen LogP contribution in [0.25, 0.3) is 6.08 Å². The molecule has 6 heteroatoms. The van der Waals surface area contributed by atoms with Crippen LogP contribution in [0.5, 0.6) is 23.0 Å². The molecule has 0 aromatic heterocycles. The molecule has 0 amide bonds. The average molecular weight is 356 g/mol. The first-order valence-electron chi connectivity index (χ1n) is 7.79. The minimum Gasteiger partial charge on any atom is -0.497 e. The zero-order valence-corrected chi connectivity index (χ0v) is 15.1. The molecule has 0 spiro atoms. The SMILES string of the molecule is COc1ccc(/C=C/C(=O)c2ccc(OC)cc2OC(C)=O)c(OC)c1. The maximum atomic E-state index is 12.6. The van der Waals surface area contributed by atoms with E-state index < -0.39 is 5.97 Å². The van der Waals surface area contributed by atoms with Crippen LogP contribution >= 0.6 is 0 Å². The summed E-state index contributed by atoms with van der Waals surface area (Å²) < 4.78 is 20.7. The monoisotopic (exact) mass is 356 g/mol. The van der Waals surface area contributed by atoms with Gasteiger partial charge in [0.05, 0.1) is 26.9 Å². The van der Waals surface area contributed by atoms with Crippen LogP contribution in [0.4, 0.5) is 0 Å². The Kier molecular flexibility index (Phi) is 6.38. The first kappa shape index (κ1) is 19.1. The van der Waals surface area contributed by atoms with Gasteiger partial charge in [0, 0.05) is 24.6 Å². The number of benzene rings is 2. The molecule has 2 aromatic rings. The van der Waals surface area contributed by atoms with Crippen LogP contribution in [0.2, 0.25) is 0 Å². The molecule has 0 unspecified atom stereocenters. The molecule has 26 heavy (non-hydrogen) atoms. The predicted octanol–water partition coefficient (Wildman–Crippen LogP) is 3.53. The van der Waals surface area contributed by atoms with Crippen molar-refractivity contribution in [1.29, 1.82) is 0 Å². The summed E-state index contributed by atoms with van der Waals surface area (Å²) in [6, 6.07) is 9.95. The normalized spacial score (nSPS) is 10.5. The lowest BCUT2D eigenvalue weighted by Crippen LogP contribution is -2.07. The summed E-state index contributed by atoms with van der Waals surface area (Å²) in [6.45, 7) is 1.27. The Morgan fingerprint density at radius 3 is 2.04 bits per heavy atom. The molecule has 136 valence electrons. The van der Waals surface area contributed by atoms with Crippen molar-refractivity contribution >= 4 is 17.8 Å². The van der Waals surface area contributed by atoms with Gasteiger partial charge in [0.15, 0.2) is 5.78 Å². The smallest absolute Gasteiger partial charge is 0.308 e. The van der Waals surface area contributed by atoms with Crippen molar-refractivity contribution in [2.45, 2.75) is 6.92 Å². The topological polar surface area (TPSA) is 71.1 Å². The molecule has 0 aliphatic heterocycles. The van der Waals surface area contributed by atoms with Gasteiger partial charge in [-0.05, 0) is 36.4 Å². The van der Waals surface area contributed by atoms with Crippen LogP contribution in [-0.2, 0) is 4.79 Å². The van der Waals surface area contributed by atoms with E-state index in [4.69, 9.17) is 18.9 Å². The van der Waals surface area contributed by atoms with E-state index in [2.05, 4.69) is 0 Å². The van der Waals surface area contributed by atoms with E-state index in [1.165, 1.54) is 33.3 Å². The maximum absolute atomic E-state index is 12.6. The summed E-state index contributed by atoms with van der Waals surface area (Å²) in [5, 5.41) is 0. The average Bonchev–Trinajstić information content (AvgIpc) is 2.65. The van der Waals surface area contributed by atoms with Gasteiger partial charge in [0.2, 0.25) is 0 Å². The van der Waals surface area contributed by atoms with Gasteiger partial charge in [0.1, 0.15) is 23.0 Å². The van der Waals surface area contributed by atoms with Crippen molar-refractivity contribution in [3.05, 3.63) is 53.6 Å². The van der Waals surface area contributed by atoms with E-state index in [0.29, 0.717) is 22.8 Å². The Labute approximate surface area is 151 Å². The lowest BCUT2D eigenvalue weighted by Gasteiger charge is -2.09. The highest BCUT2D eigenvalue weighted by Crippen LogP contribution is 2.28. The van der Waals surface area contributed by atoms with Crippen LogP contribution in [0.1, 0.15) is 22.8 Å². The summed E-state index contributed by atoms with van der Waals surface area (Å²) in [5.41, 5.74) is 0.967. The van der Waals surface area contributed by atoms with Crippen molar-refractivity contribution in [1.82, 2.24) is 0 Å². The molecule has 0 saturated carbocycles. The number of hydrogen-bond acceptors (Lipinski definition) is 6. The molecule has 0 bridgehead atoms. The van der Waals surface area contributed by atoms with Crippen LogP contribution < -0.4 is 18.9 Å². The second-order valence-electron chi connectivity index (χ2n) is 5.26. The standard InChI is InChI=1S/C20H20O6/c1-13(21)26-20-12-16(24-3)8-9-17(20)18(22)10-6-14-5-7-15(23-2)11-19(14)25-4/h5-12H,1-4H3/b10-6+. The molecule has 0 aliphatic carbocycles. The number of methoxy groups -OCH3 is 3. The number of carbonyl (C=O) groups excluding carboxylic acids is 2. The van der Waals surface area contributed by atoms with E-state index in [0.717, 1.165) is 0 Å². The van der Waals surface area contributed by atoms with Gasteiger partial charge < -0.3 is 18.9 Å². The number of carbonyl (C=O) groups is 2. The van der Waals surface area contributed by atoms with Crippen LogP contribution in [-0.4, -0.2) is 33.1 Å². The van der Waals surface area contributed by atoms with Crippen molar-refractivity contribution in [3.8, 4) is 23.0 Å². The summed E-state index contributed by atoms with van der Waals surface area (Å²) in [6.07, 6.45) is 3.02. The van der Waals surface area contributed by atoms with Crippen molar-refractivity contribution < 1.29 is 28.5 Å². The van der Waals surface area contributed by atoms with Gasteiger partial charge in [0.25, 0.3) is 0 Å². The van der Waals surface area contributed by atoms with E-state index in [9.17, 15) is 9.59 Å². The van der Waals surface area contributed by atoms with E-state index in [1.54, 1.807) is 43.5 Å². The zero-order chi connectivity index (χ0) is 19.1. The number of allylic oxidation sites excluding steroid dienone is 1. The fraction of sp³-hybridized carbons (Fsp3) is 0.200. The quantitative estimate of drug-likeness (QED) is 0.327. The van der Waals surface area contributed by atoms with Crippen LogP contribution in [0.3, 0.4) is 0 Å². The number of hydrogen-bond donors (Lipinski definition) is 0. The highest BCUT2D eigenvalue weighted by molar-refractivity contribution is 6.09. The maximum Gasteiger partial charge on any atom is 0.308 e. The predicted molar refractivity (Wildman–Crippen MR) is 97.2 cm³/mol. The lowest BCUT2D eigenvalue weighted by molar-refractivity contribution is -0.131. The third-order valence-electron chi connectivity index (χ3n) is 3.56. The van der Waals surface area contributed by atoms with Crippen LogP contribution in [0.15, 0.2) is 42.5 Å². The number of ether oxygens (including phenoxy) is 4. The largest absolute Gasteiger partial charge is 0.497 e. The second kappa shape index (κ2) is 8.71. The number of rotatable bonds is 7. The molecule has 0 N–H and O–H groups in total. The molecule has 0 aliphatic rings. The third-order valence-corrected chi connectivity index (χ3v) is 3.56. The fourth-order valence-electron chi connectivity index (χ4n) is 2.28. The summed E-state index contributed by atoms with van der Waals surface area (Å²) in [5.74, 6) is 1.02. The highest BCUT2D eigenvalue weighted by Gasteiger charge is 2.14. The van der Waals surface area contributed by atoms with Crippen LogP contribution in [0, 0.1) is 0 Å². The Morgan fingerprint density at radius 1 is 0.846 bits per heavy atom. The van der Waals surface area contributed by atoms with Gasteiger partial charge in [-0.3, -0.25) is 9.59 Å². The second-order valence-corrected chi connectivity index (χ2v) is 5.26. The summed E-state index contributed by atoms with van der Waals surface area (Å²) in [7, 11) is 4.59.